The van der Waals surface area contributed by atoms with Crippen molar-refractivity contribution in [3.63, 3.8) is 0 Å². The smallest absolute Gasteiger partial charge is 0.255 e. The van der Waals surface area contributed by atoms with E-state index in [1.165, 1.54) is 12.3 Å². The molecule has 0 atom stereocenters. The van der Waals surface area contributed by atoms with E-state index in [-0.39, 0.29) is 5.91 Å². The van der Waals surface area contributed by atoms with E-state index in [0.717, 1.165) is 5.69 Å². The summed E-state index contributed by atoms with van der Waals surface area (Å²) in [5, 5.41) is 6.91. The summed E-state index contributed by atoms with van der Waals surface area (Å²) in [5.74, 6) is 0.0933. The molecular formula is C11H13N5O. The predicted molar refractivity (Wildman–Crippen MR) is 64.5 cm³/mol. The van der Waals surface area contributed by atoms with Gasteiger partial charge in [-0.1, -0.05) is 0 Å². The van der Waals surface area contributed by atoms with E-state index in [1.807, 2.05) is 6.92 Å². The molecule has 0 aliphatic rings. The number of carbonyl (C=O) groups excluding carboxylic acids is 1. The SMILES string of the molecule is Cc1nn(C)cc1NC(=O)c1ccnc(N)c1. The summed E-state index contributed by atoms with van der Waals surface area (Å²) < 4.78 is 1.64. The summed E-state index contributed by atoms with van der Waals surface area (Å²) in [6.45, 7) is 1.83. The van der Waals surface area contributed by atoms with Crippen LogP contribution in [0.25, 0.3) is 0 Å². The average Bonchev–Trinajstić information content (AvgIpc) is 2.57. The molecule has 0 bridgehead atoms. The van der Waals surface area contributed by atoms with Gasteiger partial charge < -0.3 is 11.1 Å². The Morgan fingerprint density at radius 3 is 2.88 bits per heavy atom. The molecule has 1 amide bonds. The van der Waals surface area contributed by atoms with Crippen molar-refractivity contribution in [2.24, 2.45) is 7.05 Å². The van der Waals surface area contributed by atoms with Crippen molar-refractivity contribution in [1.29, 1.82) is 0 Å². The Kier molecular flexibility index (Phi) is 2.78. The Bertz CT molecular complexity index is 561. The minimum atomic E-state index is -0.227. The van der Waals surface area contributed by atoms with E-state index in [4.69, 9.17) is 5.73 Å². The molecule has 0 saturated heterocycles. The van der Waals surface area contributed by atoms with Gasteiger partial charge in [-0.2, -0.15) is 5.10 Å². The van der Waals surface area contributed by atoms with Gasteiger partial charge >= 0.3 is 0 Å². The first-order chi connectivity index (χ1) is 8.06. The minimum Gasteiger partial charge on any atom is -0.384 e. The maximum absolute atomic E-state index is 11.9. The molecule has 2 heterocycles. The Morgan fingerprint density at radius 1 is 1.53 bits per heavy atom. The number of carbonyl (C=O) groups is 1. The number of nitrogen functional groups attached to an aromatic ring is 1. The molecular weight excluding hydrogens is 218 g/mol. The highest BCUT2D eigenvalue weighted by Crippen LogP contribution is 2.13. The van der Waals surface area contributed by atoms with E-state index in [1.54, 1.807) is 24.0 Å². The normalized spacial score (nSPS) is 10.2. The van der Waals surface area contributed by atoms with Crippen LogP contribution < -0.4 is 11.1 Å². The van der Waals surface area contributed by atoms with Crippen LogP contribution in [-0.4, -0.2) is 20.7 Å². The number of nitrogens with zero attached hydrogens (tertiary/aromatic N) is 3. The monoisotopic (exact) mass is 231 g/mol. The van der Waals surface area contributed by atoms with Gasteiger partial charge in [0.1, 0.15) is 5.82 Å². The second-order valence-electron chi connectivity index (χ2n) is 3.73. The largest absolute Gasteiger partial charge is 0.384 e. The van der Waals surface area contributed by atoms with Crippen LogP contribution in [0, 0.1) is 6.92 Å². The Morgan fingerprint density at radius 2 is 2.29 bits per heavy atom. The van der Waals surface area contributed by atoms with E-state index >= 15 is 0 Å². The van der Waals surface area contributed by atoms with Crippen LogP contribution >= 0.6 is 0 Å². The topological polar surface area (TPSA) is 85.8 Å². The quantitative estimate of drug-likeness (QED) is 0.806. The van der Waals surface area contributed by atoms with E-state index < -0.39 is 0 Å². The number of hydrogen-bond acceptors (Lipinski definition) is 4. The minimum absolute atomic E-state index is 0.227. The molecule has 88 valence electrons. The number of hydrogen-bond donors (Lipinski definition) is 2. The lowest BCUT2D eigenvalue weighted by Gasteiger charge is -2.03. The predicted octanol–water partition coefficient (Wildman–Crippen LogP) is 0.958. The van der Waals surface area contributed by atoms with Crippen molar-refractivity contribution in [2.45, 2.75) is 6.92 Å². The molecule has 0 aromatic carbocycles. The number of pyridine rings is 1. The van der Waals surface area contributed by atoms with E-state index in [9.17, 15) is 4.79 Å². The lowest BCUT2D eigenvalue weighted by molar-refractivity contribution is 0.102. The maximum atomic E-state index is 11.9. The fraction of sp³-hybridized carbons (Fsp3) is 0.182. The van der Waals surface area contributed by atoms with Crippen LogP contribution in [0.3, 0.4) is 0 Å². The third-order valence-electron chi connectivity index (χ3n) is 2.30. The summed E-state index contributed by atoms with van der Waals surface area (Å²) in [5.41, 5.74) is 7.44. The molecule has 6 nitrogen and oxygen atoms in total. The molecule has 2 aromatic heterocycles. The molecule has 0 spiro atoms. The van der Waals surface area contributed by atoms with E-state index in [2.05, 4.69) is 15.4 Å². The van der Waals surface area contributed by atoms with Gasteiger partial charge in [0, 0.05) is 25.0 Å². The Balaban J connectivity index is 2.20. The number of aryl methyl sites for hydroxylation is 2. The standard InChI is InChI=1S/C11H13N5O/c1-7-9(6-16(2)15-7)14-11(17)8-3-4-13-10(12)5-8/h3-6H,1-2H3,(H2,12,13)(H,14,17). The molecule has 0 aliphatic carbocycles. The lowest BCUT2D eigenvalue weighted by Crippen LogP contribution is -2.12. The second-order valence-corrected chi connectivity index (χ2v) is 3.73. The zero-order valence-electron chi connectivity index (χ0n) is 9.64. The van der Waals surface area contributed by atoms with Crippen molar-refractivity contribution < 1.29 is 4.79 Å². The van der Waals surface area contributed by atoms with Crippen molar-refractivity contribution >= 4 is 17.4 Å². The molecule has 0 saturated carbocycles. The van der Waals surface area contributed by atoms with Crippen molar-refractivity contribution in [3.05, 3.63) is 35.8 Å². The lowest BCUT2D eigenvalue weighted by atomic mass is 10.2. The first-order valence-electron chi connectivity index (χ1n) is 5.09. The van der Waals surface area contributed by atoms with Gasteiger partial charge in [-0.25, -0.2) is 4.98 Å². The highest BCUT2D eigenvalue weighted by atomic mass is 16.1. The second kappa shape index (κ2) is 4.25. The third-order valence-corrected chi connectivity index (χ3v) is 2.30. The zero-order valence-corrected chi connectivity index (χ0v) is 9.64. The fourth-order valence-electron chi connectivity index (χ4n) is 1.51. The van der Waals surface area contributed by atoms with Gasteiger partial charge in [-0.15, -0.1) is 0 Å². The summed E-state index contributed by atoms with van der Waals surface area (Å²) in [6.07, 6.45) is 3.25. The van der Waals surface area contributed by atoms with Gasteiger partial charge in [0.05, 0.1) is 11.4 Å². The fourth-order valence-corrected chi connectivity index (χ4v) is 1.51. The zero-order chi connectivity index (χ0) is 12.4. The van der Waals surface area contributed by atoms with Crippen molar-refractivity contribution in [1.82, 2.24) is 14.8 Å². The van der Waals surface area contributed by atoms with Crippen LogP contribution in [0.2, 0.25) is 0 Å². The molecule has 0 unspecified atom stereocenters. The molecule has 0 fully saturated rings. The molecule has 17 heavy (non-hydrogen) atoms. The molecule has 3 N–H and O–H groups in total. The molecule has 0 radical (unpaired) electrons. The van der Waals surface area contributed by atoms with Gasteiger partial charge in [0.25, 0.3) is 5.91 Å². The number of nitrogens with two attached hydrogens (primary N) is 1. The summed E-state index contributed by atoms with van der Waals surface area (Å²) in [6, 6.07) is 3.14. The number of aromatic nitrogens is 3. The highest BCUT2D eigenvalue weighted by Gasteiger charge is 2.10. The Labute approximate surface area is 98.5 Å². The first-order valence-corrected chi connectivity index (χ1v) is 5.09. The van der Waals surface area contributed by atoms with E-state index in [0.29, 0.717) is 17.1 Å². The third kappa shape index (κ3) is 2.41. The van der Waals surface area contributed by atoms with Crippen LogP contribution in [0.4, 0.5) is 11.5 Å². The summed E-state index contributed by atoms with van der Waals surface area (Å²) >= 11 is 0. The summed E-state index contributed by atoms with van der Waals surface area (Å²) in [4.78, 5) is 15.7. The molecule has 6 heteroatoms. The van der Waals surface area contributed by atoms with Crippen molar-refractivity contribution in [2.75, 3.05) is 11.1 Å². The van der Waals surface area contributed by atoms with Crippen LogP contribution in [0.1, 0.15) is 16.1 Å². The van der Waals surface area contributed by atoms with Gasteiger partial charge in [0.15, 0.2) is 0 Å². The average molecular weight is 231 g/mol. The number of anilines is 2. The highest BCUT2D eigenvalue weighted by molar-refractivity contribution is 6.04. The molecule has 2 rings (SSSR count). The number of nitrogens with one attached hydrogen (secondary N) is 1. The summed E-state index contributed by atoms with van der Waals surface area (Å²) in [7, 11) is 1.80. The molecule has 2 aromatic rings. The van der Waals surface area contributed by atoms with Crippen molar-refractivity contribution in [3.8, 4) is 0 Å². The maximum Gasteiger partial charge on any atom is 0.255 e. The number of amides is 1. The van der Waals surface area contributed by atoms with Gasteiger partial charge in [-0.05, 0) is 19.1 Å². The Hall–Kier alpha value is -2.37. The van der Waals surface area contributed by atoms with Crippen LogP contribution in [-0.2, 0) is 7.05 Å². The van der Waals surface area contributed by atoms with Crippen LogP contribution in [0.15, 0.2) is 24.5 Å². The molecule has 0 aliphatic heterocycles. The first kappa shape index (κ1) is 11.1. The van der Waals surface area contributed by atoms with Crippen LogP contribution in [0.5, 0.6) is 0 Å². The van der Waals surface area contributed by atoms with Gasteiger partial charge in [-0.3, -0.25) is 9.48 Å². The number of rotatable bonds is 2. The van der Waals surface area contributed by atoms with Gasteiger partial charge in [0.2, 0.25) is 0 Å².